The summed E-state index contributed by atoms with van der Waals surface area (Å²) in [5.74, 6) is 0.119. The van der Waals surface area contributed by atoms with Crippen LogP contribution in [-0.2, 0) is 0 Å². The van der Waals surface area contributed by atoms with Crippen molar-refractivity contribution < 1.29 is 13.9 Å². The fraction of sp³-hybridized carbons (Fsp3) is 0.0435. The lowest BCUT2D eigenvalue weighted by Gasteiger charge is -2.22. The highest BCUT2D eigenvalue weighted by molar-refractivity contribution is 6.11. The zero-order valence-electron chi connectivity index (χ0n) is 15.2. The summed E-state index contributed by atoms with van der Waals surface area (Å²) in [4.78, 5) is 27.5. The predicted octanol–water partition coefficient (Wildman–Crippen LogP) is 4.78. The van der Waals surface area contributed by atoms with Gasteiger partial charge < -0.3 is 9.15 Å². The molecule has 1 amide bonds. The second-order valence-corrected chi connectivity index (χ2v) is 6.16. The summed E-state index contributed by atoms with van der Waals surface area (Å²) in [6, 6.07) is 25.1. The third kappa shape index (κ3) is 3.25. The number of carbonyl (C=O) groups is 1. The molecule has 28 heavy (non-hydrogen) atoms. The maximum Gasteiger partial charge on any atom is 0.349 e. The molecule has 0 saturated heterocycles. The summed E-state index contributed by atoms with van der Waals surface area (Å²) in [7, 11) is 1.54. The number of carbonyl (C=O) groups excluding carboxylic acids is 1. The van der Waals surface area contributed by atoms with Crippen molar-refractivity contribution in [3.8, 4) is 5.75 Å². The number of anilines is 2. The molecular formula is C23H17NO4. The monoisotopic (exact) mass is 371 g/mol. The largest absolute Gasteiger partial charge is 0.497 e. The number of rotatable bonds is 4. The quantitative estimate of drug-likeness (QED) is 0.485. The van der Waals surface area contributed by atoms with Crippen molar-refractivity contribution in [1.82, 2.24) is 0 Å². The van der Waals surface area contributed by atoms with Crippen molar-refractivity contribution >= 4 is 28.3 Å². The van der Waals surface area contributed by atoms with Gasteiger partial charge in [-0.2, -0.15) is 0 Å². The number of hydrogen-bond donors (Lipinski definition) is 0. The Balaban J connectivity index is 1.85. The number of ether oxygens (including phenoxy) is 1. The summed E-state index contributed by atoms with van der Waals surface area (Å²) < 4.78 is 10.6. The third-order valence-electron chi connectivity index (χ3n) is 4.41. The number of fused-ring (bicyclic) bond motifs is 1. The summed E-state index contributed by atoms with van der Waals surface area (Å²) in [6.45, 7) is 0. The molecule has 3 aromatic carbocycles. The molecule has 4 rings (SSSR count). The third-order valence-corrected chi connectivity index (χ3v) is 4.41. The van der Waals surface area contributed by atoms with Crippen LogP contribution in [0.1, 0.15) is 10.4 Å². The van der Waals surface area contributed by atoms with E-state index in [9.17, 15) is 9.59 Å². The van der Waals surface area contributed by atoms with Gasteiger partial charge in [-0.25, -0.2) is 4.79 Å². The highest BCUT2D eigenvalue weighted by Gasteiger charge is 2.23. The molecule has 1 heterocycles. The van der Waals surface area contributed by atoms with Crippen molar-refractivity contribution in [2.24, 2.45) is 0 Å². The number of benzene rings is 3. The summed E-state index contributed by atoms with van der Waals surface area (Å²) in [5.41, 5.74) is 0.959. The van der Waals surface area contributed by atoms with Crippen molar-refractivity contribution in [2.75, 3.05) is 12.0 Å². The highest BCUT2D eigenvalue weighted by atomic mass is 16.5. The van der Waals surface area contributed by atoms with E-state index in [-0.39, 0.29) is 5.56 Å². The van der Waals surface area contributed by atoms with Crippen LogP contribution in [0.15, 0.2) is 94.1 Å². The molecule has 0 saturated carbocycles. The number of amides is 1. The first-order chi connectivity index (χ1) is 13.7. The van der Waals surface area contributed by atoms with Gasteiger partial charge >= 0.3 is 5.63 Å². The molecule has 0 aliphatic rings. The van der Waals surface area contributed by atoms with E-state index in [0.29, 0.717) is 28.1 Å². The molecule has 5 heteroatoms. The number of nitrogens with zero attached hydrogens (tertiary/aromatic N) is 1. The molecule has 1 aromatic heterocycles. The topological polar surface area (TPSA) is 59.8 Å². The predicted molar refractivity (Wildman–Crippen MR) is 108 cm³/mol. The van der Waals surface area contributed by atoms with Gasteiger partial charge in [0.1, 0.15) is 16.9 Å². The highest BCUT2D eigenvalue weighted by Crippen LogP contribution is 2.27. The van der Waals surface area contributed by atoms with Gasteiger partial charge in [-0.3, -0.25) is 9.69 Å². The second kappa shape index (κ2) is 7.40. The molecule has 4 aromatic rings. The van der Waals surface area contributed by atoms with Gasteiger partial charge in [0.05, 0.1) is 7.11 Å². The van der Waals surface area contributed by atoms with Crippen molar-refractivity contribution in [1.29, 1.82) is 0 Å². The smallest absolute Gasteiger partial charge is 0.349 e. The molecule has 5 nitrogen and oxygen atoms in total. The van der Waals surface area contributed by atoms with E-state index in [0.717, 1.165) is 0 Å². The molecule has 0 aliphatic heterocycles. The van der Waals surface area contributed by atoms with Crippen LogP contribution in [0.25, 0.3) is 11.0 Å². The Morgan fingerprint density at radius 2 is 1.46 bits per heavy atom. The molecule has 0 spiro atoms. The van der Waals surface area contributed by atoms with Gasteiger partial charge in [-0.1, -0.05) is 36.4 Å². The zero-order chi connectivity index (χ0) is 19.5. The number of methoxy groups -OCH3 is 1. The lowest BCUT2D eigenvalue weighted by atomic mass is 10.1. The van der Waals surface area contributed by atoms with E-state index < -0.39 is 11.5 Å². The van der Waals surface area contributed by atoms with Crippen LogP contribution in [0.2, 0.25) is 0 Å². The first-order valence-electron chi connectivity index (χ1n) is 8.74. The fourth-order valence-electron chi connectivity index (χ4n) is 3.03. The van der Waals surface area contributed by atoms with Gasteiger partial charge in [0.25, 0.3) is 5.91 Å². The first kappa shape index (κ1) is 17.5. The molecule has 0 unspecified atom stereocenters. The Morgan fingerprint density at radius 3 is 2.04 bits per heavy atom. The lowest BCUT2D eigenvalue weighted by Crippen LogP contribution is -2.30. The van der Waals surface area contributed by atoms with E-state index in [2.05, 4.69) is 0 Å². The van der Waals surface area contributed by atoms with Crippen LogP contribution >= 0.6 is 0 Å². The Labute approximate surface area is 161 Å². The molecule has 0 N–H and O–H groups in total. The van der Waals surface area contributed by atoms with Crippen LogP contribution in [0.5, 0.6) is 5.75 Å². The number of para-hydroxylation sites is 2. The van der Waals surface area contributed by atoms with E-state index in [4.69, 9.17) is 9.15 Å². The first-order valence-corrected chi connectivity index (χ1v) is 8.74. The lowest BCUT2D eigenvalue weighted by molar-refractivity contribution is 0.0996. The fourth-order valence-corrected chi connectivity index (χ4v) is 3.03. The van der Waals surface area contributed by atoms with Crippen LogP contribution in [0.4, 0.5) is 11.4 Å². The zero-order valence-corrected chi connectivity index (χ0v) is 15.2. The molecule has 0 bridgehead atoms. The van der Waals surface area contributed by atoms with Gasteiger partial charge in [0, 0.05) is 22.8 Å². The van der Waals surface area contributed by atoms with Gasteiger partial charge in [-0.15, -0.1) is 0 Å². The van der Waals surface area contributed by atoms with Crippen molar-refractivity contribution in [2.45, 2.75) is 0 Å². The van der Waals surface area contributed by atoms with Gasteiger partial charge in [0.2, 0.25) is 0 Å². The average molecular weight is 371 g/mol. The van der Waals surface area contributed by atoms with Crippen LogP contribution in [-0.4, -0.2) is 13.0 Å². The van der Waals surface area contributed by atoms with E-state index in [1.807, 2.05) is 60.7 Å². The maximum absolute atomic E-state index is 13.4. The summed E-state index contributed by atoms with van der Waals surface area (Å²) in [6.07, 6.45) is 0. The van der Waals surface area contributed by atoms with Crippen LogP contribution in [0, 0.1) is 0 Å². The van der Waals surface area contributed by atoms with Crippen molar-refractivity contribution in [3.05, 3.63) is 101 Å². The van der Waals surface area contributed by atoms with Gasteiger partial charge in [-0.05, 0) is 42.5 Å². The summed E-state index contributed by atoms with van der Waals surface area (Å²) in [5, 5.41) is 0.643. The standard InChI is InChI=1S/C23H17NO4/c1-27-19-13-12-16-14-20(23(26)28-21(16)15-19)22(25)24(17-8-4-2-5-9-17)18-10-6-3-7-11-18/h2-15H,1H3. The van der Waals surface area contributed by atoms with E-state index in [1.54, 1.807) is 24.3 Å². The minimum atomic E-state index is -0.692. The average Bonchev–Trinajstić information content (AvgIpc) is 2.74. The van der Waals surface area contributed by atoms with E-state index >= 15 is 0 Å². The maximum atomic E-state index is 13.4. The SMILES string of the molecule is COc1ccc2cc(C(=O)N(c3ccccc3)c3ccccc3)c(=O)oc2c1. The number of hydrogen-bond acceptors (Lipinski definition) is 4. The molecule has 0 aliphatic carbocycles. The van der Waals surface area contributed by atoms with E-state index in [1.165, 1.54) is 12.0 Å². The van der Waals surface area contributed by atoms with Crippen LogP contribution in [0.3, 0.4) is 0 Å². The van der Waals surface area contributed by atoms with Crippen LogP contribution < -0.4 is 15.3 Å². The van der Waals surface area contributed by atoms with Gasteiger partial charge in [0.15, 0.2) is 0 Å². The molecule has 0 radical (unpaired) electrons. The molecule has 0 fully saturated rings. The minimum Gasteiger partial charge on any atom is -0.497 e. The Hall–Kier alpha value is -3.86. The normalized spacial score (nSPS) is 10.6. The van der Waals surface area contributed by atoms with Crippen molar-refractivity contribution in [3.63, 3.8) is 0 Å². The Bertz CT molecular complexity index is 1140. The Morgan fingerprint density at radius 1 is 0.857 bits per heavy atom. The molecule has 138 valence electrons. The molecule has 0 atom stereocenters. The Kier molecular flexibility index (Phi) is 4.64. The summed E-state index contributed by atoms with van der Waals surface area (Å²) >= 11 is 0. The second-order valence-electron chi connectivity index (χ2n) is 6.16. The minimum absolute atomic E-state index is 0.0367. The molecular weight excluding hydrogens is 354 g/mol.